The van der Waals surface area contributed by atoms with Gasteiger partial charge in [0.15, 0.2) is 0 Å². The first kappa shape index (κ1) is 12.5. The molecule has 1 fully saturated rings. The van der Waals surface area contributed by atoms with E-state index in [0.29, 0.717) is 6.54 Å². The number of halogens is 1. The molecule has 16 heavy (non-hydrogen) atoms. The van der Waals surface area contributed by atoms with Crippen molar-refractivity contribution in [2.24, 2.45) is 5.73 Å². The fourth-order valence-electron chi connectivity index (χ4n) is 2.19. The molecule has 1 aliphatic rings. The highest BCUT2D eigenvalue weighted by Crippen LogP contribution is 2.35. The third-order valence-electron chi connectivity index (χ3n) is 3.09. The molecule has 0 spiro atoms. The van der Waals surface area contributed by atoms with E-state index in [-0.39, 0.29) is 0 Å². The van der Waals surface area contributed by atoms with E-state index in [4.69, 9.17) is 5.73 Å². The normalized spacial score (nSPS) is 17.6. The minimum Gasteiger partial charge on any atom is -0.326 e. The van der Waals surface area contributed by atoms with Gasteiger partial charge >= 0.3 is 0 Å². The zero-order valence-corrected chi connectivity index (χ0v) is 11.8. The maximum atomic E-state index is 5.79. The van der Waals surface area contributed by atoms with Crippen molar-refractivity contribution in [2.45, 2.75) is 48.8 Å². The Labute approximate surface area is 110 Å². The SMILES string of the molecule is NCc1cc(Br)ccc1SC1CCCCC1. The van der Waals surface area contributed by atoms with Crippen molar-refractivity contribution < 1.29 is 0 Å². The highest BCUT2D eigenvalue weighted by atomic mass is 79.9. The van der Waals surface area contributed by atoms with Gasteiger partial charge in [0.2, 0.25) is 0 Å². The molecule has 2 rings (SSSR count). The molecule has 0 aliphatic heterocycles. The fraction of sp³-hybridized carbons (Fsp3) is 0.538. The molecule has 0 bridgehead atoms. The molecule has 2 N–H and O–H groups in total. The molecule has 0 heterocycles. The predicted molar refractivity (Wildman–Crippen MR) is 74.8 cm³/mol. The van der Waals surface area contributed by atoms with E-state index >= 15 is 0 Å². The maximum Gasteiger partial charge on any atom is 0.0189 e. The number of hydrogen-bond donors (Lipinski definition) is 1. The Morgan fingerprint density at radius 2 is 2.00 bits per heavy atom. The van der Waals surface area contributed by atoms with E-state index in [9.17, 15) is 0 Å². The van der Waals surface area contributed by atoms with Gasteiger partial charge in [-0.1, -0.05) is 35.2 Å². The van der Waals surface area contributed by atoms with Gasteiger partial charge in [-0.3, -0.25) is 0 Å². The van der Waals surface area contributed by atoms with E-state index in [1.807, 2.05) is 11.8 Å². The lowest BCUT2D eigenvalue weighted by Gasteiger charge is -2.22. The minimum atomic E-state index is 0.633. The van der Waals surface area contributed by atoms with Crippen LogP contribution >= 0.6 is 27.7 Å². The zero-order valence-electron chi connectivity index (χ0n) is 9.42. The number of rotatable bonds is 3. The lowest BCUT2D eigenvalue weighted by molar-refractivity contribution is 0.516. The van der Waals surface area contributed by atoms with Gasteiger partial charge in [-0.2, -0.15) is 0 Å². The molecule has 0 aromatic heterocycles. The van der Waals surface area contributed by atoms with Gasteiger partial charge in [-0.05, 0) is 36.6 Å². The third kappa shape index (κ3) is 3.25. The summed E-state index contributed by atoms with van der Waals surface area (Å²) in [5, 5.41) is 0.806. The summed E-state index contributed by atoms with van der Waals surface area (Å²) in [5.74, 6) is 0. The fourth-order valence-corrected chi connectivity index (χ4v) is 3.96. The standard InChI is InChI=1S/C13H18BrNS/c14-11-6-7-13(10(8-11)9-15)16-12-4-2-1-3-5-12/h6-8,12H,1-5,9,15H2. The van der Waals surface area contributed by atoms with Crippen molar-refractivity contribution in [2.75, 3.05) is 0 Å². The monoisotopic (exact) mass is 299 g/mol. The van der Waals surface area contributed by atoms with Crippen LogP contribution < -0.4 is 5.73 Å². The van der Waals surface area contributed by atoms with Gasteiger partial charge in [-0.25, -0.2) is 0 Å². The predicted octanol–water partition coefficient (Wildman–Crippen LogP) is 4.33. The molecule has 3 heteroatoms. The van der Waals surface area contributed by atoms with Crippen molar-refractivity contribution in [3.8, 4) is 0 Å². The van der Waals surface area contributed by atoms with Gasteiger partial charge in [0.1, 0.15) is 0 Å². The van der Waals surface area contributed by atoms with Crippen LogP contribution in [0.4, 0.5) is 0 Å². The second-order valence-corrected chi connectivity index (χ2v) is 6.59. The highest BCUT2D eigenvalue weighted by Gasteiger charge is 2.15. The van der Waals surface area contributed by atoms with Crippen LogP contribution in [-0.2, 0) is 6.54 Å². The van der Waals surface area contributed by atoms with Crippen molar-refractivity contribution in [3.05, 3.63) is 28.2 Å². The lowest BCUT2D eigenvalue weighted by atomic mass is 10.0. The average molecular weight is 300 g/mol. The van der Waals surface area contributed by atoms with Crippen LogP contribution in [-0.4, -0.2) is 5.25 Å². The number of thioether (sulfide) groups is 1. The van der Waals surface area contributed by atoms with Gasteiger partial charge < -0.3 is 5.73 Å². The topological polar surface area (TPSA) is 26.0 Å². The van der Waals surface area contributed by atoms with Crippen LogP contribution in [0, 0.1) is 0 Å². The zero-order chi connectivity index (χ0) is 11.4. The molecule has 1 aromatic rings. The molecule has 0 radical (unpaired) electrons. The highest BCUT2D eigenvalue weighted by molar-refractivity contribution is 9.10. The molecule has 0 unspecified atom stereocenters. The van der Waals surface area contributed by atoms with Crippen LogP contribution in [0.3, 0.4) is 0 Å². The first-order chi connectivity index (χ1) is 7.79. The second kappa shape index (κ2) is 6.08. The molecule has 0 atom stereocenters. The summed E-state index contributed by atoms with van der Waals surface area (Å²) in [6.07, 6.45) is 6.94. The van der Waals surface area contributed by atoms with Gasteiger partial charge in [0.25, 0.3) is 0 Å². The Balaban J connectivity index is 2.07. The van der Waals surface area contributed by atoms with Crippen molar-refractivity contribution in [1.82, 2.24) is 0 Å². The Bertz CT molecular complexity index is 348. The Morgan fingerprint density at radius 3 is 2.69 bits per heavy atom. The van der Waals surface area contributed by atoms with Crippen LogP contribution in [0.2, 0.25) is 0 Å². The van der Waals surface area contributed by atoms with E-state index in [1.165, 1.54) is 42.6 Å². The smallest absolute Gasteiger partial charge is 0.0189 e. The summed E-state index contributed by atoms with van der Waals surface area (Å²) in [6, 6.07) is 6.46. The van der Waals surface area contributed by atoms with Crippen LogP contribution in [0.25, 0.3) is 0 Å². The number of hydrogen-bond acceptors (Lipinski definition) is 2. The van der Waals surface area contributed by atoms with Gasteiger partial charge in [-0.15, -0.1) is 11.8 Å². The van der Waals surface area contributed by atoms with Gasteiger partial charge in [0.05, 0.1) is 0 Å². The molecule has 1 saturated carbocycles. The van der Waals surface area contributed by atoms with Crippen LogP contribution in [0.1, 0.15) is 37.7 Å². The van der Waals surface area contributed by atoms with Crippen molar-refractivity contribution in [1.29, 1.82) is 0 Å². The molecule has 1 nitrogen and oxygen atoms in total. The molecular weight excluding hydrogens is 282 g/mol. The average Bonchev–Trinajstić information content (AvgIpc) is 2.33. The summed E-state index contributed by atoms with van der Waals surface area (Å²) in [5.41, 5.74) is 7.06. The third-order valence-corrected chi connectivity index (χ3v) is 5.04. The van der Waals surface area contributed by atoms with Crippen LogP contribution in [0.5, 0.6) is 0 Å². The summed E-state index contributed by atoms with van der Waals surface area (Å²) >= 11 is 5.52. The van der Waals surface area contributed by atoms with E-state index in [0.717, 1.165) is 9.72 Å². The Kier molecular flexibility index (Phi) is 4.74. The van der Waals surface area contributed by atoms with E-state index < -0.39 is 0 Å². The second-order valence-electron chi connectivity index (χ2n) is 4.33. The molecule has 1 aromatic carbocycles. The van der Waals surface area contributed by atoms with Crippen molar-refractivity contribution in [3.63, 3.8) is 0 Å². The lowest BCUT2D eigenvalue weighted by Crippen LogP contribution is -2.09. The molecule has 0 saturated heterocycles. The summed E-state index contributed by atoms with van der Waals surface area (Å²) in [4.78, 5) is 1.37. The maximum absolute atomic E-state index is 5.79. The first-order valence-electron chi connectivity index (χ1n) is 5.95. The molecule has 1 aliphatic carbocycles. The first-order valence-corrected chi connectivity index (χ1v) is 7.62. The summed E-state index contributed by atoms with van der Waals surface area (Å²) in [7, 11) is 0. The largest absolute Gasteiger partial charge is 0.326 e. The van der Waals surface area contributed by atoms with E-state index in [1.54, 1.807) is 0 Å². The van der Waals surface area contributed by atoms with Crippen molar-refractivity contribution >= 4 is 27.7 Å². The minimum absolute atomic E-state index is 0.633. The van der Waals surface area contributed by atoms with E-state index in [2.05, 4.69) is 34.1 Å². The van der Waals surface area contributed by atoms with Crippen LogP contribution in [0.15, 0.2) is 27.6 Å². The number of nitrogens with two attached hydrogens (primary N) is 1. The molecule has 88 valence electrons. The molecule has 0 amide bonds. The number of benzene rings is 1. The Hall–Kier alpha value is 0.01000. The Morgan fingerprint density at radius 1 is 1.25 bits per heavy atom. The summed E-state index contributed by atoms with van der Waals surface area (Å²) < 4.78 is 1.13. The summed E-state index contributed by atoms with van der Waals surface area (Å²) in [6.45, 7) is 0.633. The quantitative estimate of drug-likeness (QED) is 0.899. The van der Waals surface area contributed by atoms with Gasteiger partial charge in [0, 0.05) is 21.2 Å². The molecular formula is C13H18BrNS.